The highest BCUT2D eigenvalue weighted by atomic mass is 16.6. The van der Waals surface area contributed by atoms with Crippen molar-refractivity contribution in [2.75, 3.05) is 13.2 Å². The molecule has 0 aromatic heterocycles. The maximum absolute atomic E-state index is 12.4. The zero-order valence-electron chi connectivity index (χ0n) is 13.9. The highest BCUT2D eigenvalue weighted by molar-refractivity contribution is 5.69. The Kier molecular flexibility index (Phi) is 5.49. The monoisotopic (exact) mass is 298 g/mol. The maximum atomic E-state index is 12.4. The Morgan fingerprint density at radius 3 is 2.67 bits per heavy atom. The number of nitrogens with zero attached hydrogens (tertiary/aromatic N) is 1. The lowest BCUT2D eigenvalue weighted by Crippen LogP contribution is -2.47. The Morgan fingerprint density at radius 2 is 2.00 bits per heavy atom. The topological polar surface area (TPSA) is 50.8 Å². The molecule has 5 heteroatoms. The number of nitrogens with one attached hydrogen (secondary N) is 1. The first kappa shape index (κ1) is 16.6. The predicted octanol–water partition coefficient (Wildman–Crippen LogP) is 3.10. The summed E-state index contributed by atoms with van der Waals surface area (Å²) in [6, 6.07) is 0.651. The third-order valence-corrected chi connectivity index (χ3v) is 4.37. The second-order valence-corrected chi connectivity index (χ2v) is 7.14. The molecule has 0 radical (unpaired) electrons. The van der Waals surface area contributed by atoms with Crippen molar-refractivity contribution >= 4 is 6.09 Å². The van der Waals surface area contributed by atoms with Crippen molar-refractivity contribution in [3.8, 4) is 0 Å². The van der Waals surface area contributed by atoms with Crippen LogP contribution in [0.4, 0.5) is 4.79 Å². The zero-order chi connectivity index (χ0) is 15.5. The van der Waals surface area contributed by atoms with Gasteiger partial charge in [0, 0.05) is 18.6 Å². The van der Waals surface area contributed by atoms with Gasteiger partial charge in [-0.05, 0) is 59.3 Å². The number of carbonyl (C=O) groups is 1. The average Bonchev–Trinajstić information content (AvgIpc) is 3.02. The normalized spacial score (nSPS) is 29.9. The molecule has 3 unspecified atom stereocenters. The van der Waals surface area contributed by atoms with E-state index in [2.05, 4.69) is 5.48 Å². The minimum absolute atomic E-state index is 0.160. The van der Waals surface area contributed by atoms with Crippen molar-refractivity contribution in [1.82, 2.24) is 10.4 Å². The molecule has 1 N–H and O–H groups in total. The predicted molar refractivity (Wildman–Crippen MR) is 81.9 cm³/mol. The van der Waals surface area contributed by atoms with Gasteiger partial charge in [-0.3, -0.25) is 0 Å². The molecule has 122 valence electrons. The van der Waals surface area contributed by atoms with E-state index in [0.29, 0.717) is 24.6 Å². The Labute approximate surface area is 128 Å². The fraction of sp³-hybridized carbons (Fsp3) is 0.938. The van der Waals surface area contributed by atoms with Crippen LogP contribution < -0.4 is 5.48 Å². The quantitative estimate of drug-likeness (QED) is 0.810. The third-order valence-electron chi connectivity index (χ3n) is 4.37. The number of carbonyl (C=O) groups excluding carboxylic acids is 1. The molecular formula is C16H30N2O3. The molecule has 1 saturated heterocycles. The minimum atomic E-state index is -0.428. The molecule has 0 spiro atoms. The molecule has 1 heterocycles. The summed E-state index contributed by atoms with van der Waals surface area (Å²) in [6.07, 6.45) is 5.48. The van der Waals surface area contributed by atoms with E-state index in [-0.39, 0.29) is 6.09 Å². The van der Waals surface area contributed by atoms with Gasteiger partial charge < -0.3 is 14.5 Å². The van der Waals surface area contributed by atoms with Gasteiger partial charge in [0.25, 0.3) is 0 Å². The van der Waals surface area contributed by atoms with Crippen LogP contribution in [0.15, 0.2) is 0 Å². The second-order valence-electron chi connectivity index (χ2n) is 7.14. The zero-order valence-corrected chi connectivity index (χ0v) is 13.9. The first-order chi connectivity index (χ1) is 9.92. The molecule has 3 atom stereocenters. The first-order valence-electron chi connectivity index (χ1n) is 8.29. The molecule has 0 aromatic rings. The Bertz CT molecular complexity index is 354. The van der Waals surface area contributed by atoms with Crippen molar-refractivity contribution in [2.45, 2.75) is 77.5 Å². The highest BCUT2D eigenvalue weighted by Gasteiger charge is 2.42. The van der Waals surface area contributed by atoms with E-state index in [4.69, 9.17) is 9.57 Å². The fourth-order valence-corrected chi connectivity index (χ4v) is 3.57. The van der Waals surface area contributed by atoms with Gasteiger partial charge in [0.1, 0.15) is 5.60 Å². The lowest BCUT2D eigenvalue weighted by molar-refractivity contribution is -0.00583. The molecule has 21 heavy (non-hydrogen) atoms. The van der Waals surface area contributed by atoms with Crippen LogP contribution in [0, 0.1) is 5.92 Å². The van der Waals surface area contributed by atoms with Gasteiger partial charge >= 0.3 is 6.09 Å². The van der Waals surface area contributed by atoms with Crippen molar-refractivity contribution in [3.63, 3.8) is 0 Å². The van der Waals surface area contributed by atoms with Crippen LogP contribution in [-0.2, 0) is 9.57 Å². The number of hydrogen-bond acceptors (Lipinski definition) is 4. The fourth-order valence-electron chi connectivity index (χ4n) is 3.57. The van der Waals surface area contributed by atoms with E-state index in [1.807, 2.05) is 32.6 Å². The number of rotatable bonds is 4. The molecule has 0 bridgehead atoms. The summed E-state index contributed by atoms with van der Waals surface area (Å²) in [7, 11) is 0. The Morgan fingerprint density at radius 1 is 1.24 bits per heavy atom. The summed E-state index contributed by atoms with van der Waals surface area (Å²) in [6.45, 7) is 9.24. The molecule has 2 fully saturated rings. The van der Waals surface area contributed by atoms with E-state index in [9.17, 15) is 4.79 Å². The number of likely N-dealkylation sites (tertiary alicyclic amines) is 1. The second kappa shape index (κ2) is 6.97. The summed E-state index contributed by atoms with van der Waals surface area (Å²) in [5, 5.41) is 0. The summed E-state index contributed by atoms with van der Waals surface area (Å²) in [4.78, 5) is 19.7. The third kappa shape index (κ3) is 4.33. The van der Waals surface area contributed by atoms with Gasteiger partial charge in [-0.2, -0.15) is 5.48 Å². The van der Waals surface area contributed by atoms with E-state index < -0.39 is 5.60 Å². The molecule has 1 saturated carbocycles. The van der Waals surface area contributed by atoms with Crippen molar-refractivity contribution < 1.29 is 14.4 Å². The van der Waals surface area contributed by atoms with E-state index in [1.165, 1.54) is 6.42 Å². The number of hydrogen-bond donors (Lipinski definition) is 1. The van der Waals surface area contributed by atoms with Crippen LogP contribution >= 0.6 is 0 Å². The van der Waals surface area contributed by atoms with Gasteiger partial charge in [-0.1, -0.05) is 6.42 Å². The molecule has 2 aliphatic rings. The number of amides is 1. The Balaban J connectivity index is 1.99. The van der Waals surface area contributed by atoms with Crippen LogP contribution in [0.25, 0.3) is 0 Å². The smallest absolute Gasteiger partial charge is 0.410 e. The van der Waals surface area contributed by atoms with Gasteiger partial charge in [-0.25, -0.2) is 4.79 Å². The van der Waals surface area contributed by atoms with Gasteiger partial charge in [0.15, 0.2) is 0 Å². The molecule has 1 aliphatic carbocycles. The minimum Gasteiger partial charge on any atom is -0.444 e. The van der Waals surface area contributed by atoms with E-state index >= 15 is 0 Å². The standard InChI is InChI=1S/C16H30N2O3/c1-5-20-17-13-9-6-8-12(13)14-10-7-11-18(14)15(19)21-16(2,3)4/h12-14,17H,5-11H2,1-4H3. The summed E-state index contributed by atoms with van der Waals surface area (Å²) >= 11 is 0. The highest BCUT2D eigenvalue weighted by Crippen LogP contribution is 2.36. The van der Waals surface area contributed by atoms with E-state index in [1.54, 1.807) is 0 Å². The summed E-state index contributed by atoms with van der Waals surface area (Å²) in [5.74, 6) is 0.478. The maximum Gasteiger partial charge on any atom is 0.410 e. The lowest BCUT2D eigenvalue weighted by Gasteiger charge is -2.34. The number of ether oxygens (including phenoxy) is 1. The molecule has 1 aliphatic heterocycles. The van der Waals surface area contributed by atoms with Crippen LogP contribution in [-0.4, -0.2) is 41.8 Å². The van der Waals surface area contributed by atoms with Crippen LogP contribution in [0.1, 0.15) is 59.8 Å². The summed E-state index contributed by atoms with van der Waals surface area (Å²) < 4.78 is 5.56. The van der Waals surface area contributed by atoms with E-state index in [0.717, 1.165) is 32.2 Å². The molecule has 0 aromatic carbocycles. The van der Waals surface area contributed by atoms with Gasteiger partial charge in [0.2, 0.25) is 0 Å². The van der Waals surface area contributed by atoms with Crippen molar-refractivity contribution in [3.05, 3.63) is 0 Å². The lowest BCUT2D eigenvalue weighted by atomic mass is 9.93. The molecule has 2 rings (SSSR count). The molecular weight excluding hydrogens is 268 g/mol. The van der Waals surface area contributed by atoms with Gasteiger partial charge in [-0.15, -0.1) is 0 Å². The Hall–Kier alpha value is -0.810. The average molecular weight is 298 g/mol. The van der Waals surface area contributed by atoms with Crippen LogP contribution in [0.3, 0.4) is 0 Å². The summed E-state index contributed by atoms with van der Waals surface area (Å²) in [5.41, 5.74) is 2.76. The van der Waals surface area contributed by atoms with Gasteiger partial charge in [0.05, 0.1) is 6.61 Å². The van der Waals surface area contributed by atoms with Crippen LogP contribution in [0.2, 0.25) is 0 Å². The molecule has 5 nitrogen and oxygen atoms in total. The molecule has 1 amide bonds. The van der Waals surface area contributed by atoms with Crippen molar-refractivity contribution in [1.29, 1.82) is 0 Å². The largest absolute Gasteiger partial charge is 0.444 e. The number of hydroxylamine groups is 1. The van der Waals surface area contributed by atoms with Crippen molar-refractivity contribution in [2.24, 2.45) is 5.92 Å². The SMILES string of the molecule is CCONC1CCCC1C1CCCN1C(=O)OC(C)(C)C. The first-order valence-corrected chi connectivity index (χ1v) is 8.29. The van der Waals surface area contributed by atoms with Crippen LogP contribution in [0.5, 0.6) is 0 Å².